The first-order valence-electron chi connectivity index (χ1n) is 7.85. The molecule has 0 saturated carbocycles. The van der Waals surface area contributed by atoms with Gasteiger partial charge < -0.3 is 14.8 Å². The standard InChI is InChI=1S/C19H20BrNO3/c1-19(2,10-13-3-6-15(20)7-4-13)11-21-18(22)14-5-8-16-17(9-14)24-12-23-16/h3-9H,10-12H2,1-2H3,(H,21,22). The highest BCUT2D eigenvalue weighted by Crippen LogP contribution is 2.32. The maximum absolute atomic E-state index is 12.4. The number of ether oxygens (including phenoxy) is 2. The predicted molar refractivity (Wildman–Crippen MR) is 96.5 cm³/mol. The quantitative estimate of drug-likeness (QED) is 0.834. The molecule has 0 aromatic heterocycles. The van der Waals surface area contributed by atoms with E-state index in [-0.39, 0.29) is 18.1 Å². The predicted octanol–water partition coefficient (Wildman–Crippen LogP) is 4.18. The van der Waals surface area contributed by atoms with Crippen molar-refractivity contribution in [1.29, 1.82) is 0 Å². The monoisotopic (exact) mass is 389 g/mol. The first kappa shape index (κ1) is 16.8. The Kier molecular flexibility index (Phi) is 4.81. The molecular weight excluding hydrogens is 370 g/mol. The zero-order valence-electron chi connectivity index (χ0n) is 13.8. The Labute approximate surface area is 150 Å². The number of amides is 1. The Morgan fingerprint density at radius 3 is 2.58 bits per heavy atom. The van der Waals surface area contributed by atoms with Gasteiger partial charge in [0.1, 0.15) is 0 Å². The number of carbonyl (C=O) groups excluding carboxylic acids is 1. The molecule has 5 heteroatoms. The summed E-state index contributed by atoms with van der Waals surface area (Å²) in [6, 6.07) is 13.5. The second-order valence-electron chi connectivity index (χ2n) is 6.72. The van der Waals surface area contributed by atoms with Crippen molar-refractivity contribution in [2.24, 2.45) is 5.41 Å². The van der Waals surface area contributed by atoms with Crippen molar-refractivity contribution in [1.82, 2.24) is 5.32 Å². The van der Waals surface area contributed by atoms with Crippen molar-refractivity contribution in [3.05, 3.63) is 58.1 Å². The highest BCUT2D eigenvalue weighted by Gasteiger charge is 2.21. The smallest absolute Gasteiger partial charge is 0.251 e. The van der Waals surface area contributed by atoms with E-state index >= 15 is 0 Å². The van der Waals surface area contributed by atoms with E-state index in [9.17, 15) is 4.79 Å². The fraction of sp³-hybridized carbons (Fsp3) is 0.316. The molecule has 1 aliphatic heterocycles. The number of carbonyl (C=O) groups is 1. The van der Waals surface area contributed by atoms with Gasteiger partial charge in [0, 0.05) is 16.6 Å². The van der Waals surface area contributed by atoms with Gasteiger partial charge >= 0.3 is 0 Å². The molecule has 0 bridgehead atoms. The number of rotatable bonds is 5. The lowest BCUT2D eigenvalue weighted by Crippen LogP contribution is -2.35. The molecule has 1 heterocycles. The lowest BCUT2D eigenvalue weighted by atomic mass is 9.85. The van der Waals surface area contributed by atoms with Gasteiger partial charge in [0.05, 0.1) is 0 Å². The molecule has 0 aliphatic carbocycles. The maximum atomic E-state index is 12.4. The van der Waals surface area contributed by atoms with Gasteiger partial charge in [-0.1, -0.05) is 41.9 Å². The summed E-state index contributed by atoms with van der Waals surface area (Å²) in [6.45, 7) is 5.10. The molecule has 4 nitrogen and oxygen atoms in total. The molecule has 2 aromatic rings. The van der Waals surface area contributed by atoms with Crippen LogP contribution in [0.2, 0.25) is 0 Å². The molecule has 0 unspecified atom stereocenters. The summed E-state index contributed by atoms with van der Waals surface area (Å²) < 4.78 is 11.7. The van der Waals surface area contributed by atoms with Crippen LogP contribution in [0.1, 0.15) is 29.8 Å². The fourth-order valence-electron chi connectivity index (χ4n) is 2.68. The molecule has 1 N–H and O–H groups in total. The van der Waals surface area contributed by atoms with Crippen LogP contribution >= 0.6 is 15.9 Å². The van der Waals surface area contributed by atoms with Gasteiger partial charge in [-0.25, -0.2) is 0 Å². The number of fused-ring (bicyclic) bond motifs is 1. The minimum atomic E-state index is -0.0998. The Morgan fingerprint density at radius 2 is 1.83 bits per heavy atom. The molecule has 1 aliphatic rings. The minimum absolute atomic E-state index is 0.0418. The van der Waals surface area contributed by atoms with Crippen LogP contribution in [-0.4, -0.2) is 19.2 Å². The zero-order valence-corrected chi connectivity index (χ0v) is 15.4. The number of nitrogens with one attached hydrogen (secondary N) is 1. The largest absolute Gasteiger partial charge is 0.454 e. The summed E-state index contributed by atoms with van der Waals surface area (Å²) in [5.74, 6) is 1.20. The molecule has 0 fully saturated rings. The molecule has 0 atom stereocenters. The van der Waals surface area contributed by atoms with Gasteiger partial charge in [-0.2, -0.15) is 0 Å². The lowest BCUT2D eigenvalue weighted by Gasteiger charge is -2.25. The summed E-state index contributed by atoms with van der Waals surface area (Å²) in [6.07, 6.45) is 0.891. The average Bonchev–Trinajstić information content (AvgIpc) is 3.02. The van der Waals surface area contributed by atoms with Crippen LogP contribution in [0.5, 0.6) is 11.5 Å². The summed E-state index contributed by atoms with van der Waals surface area (Å²) >= 11 is 3.45. The highest BCUT2D eigenvalue weighted by molar-refractivity contribution is 9.10. The van der Waals surface area contributed by atoms with Gasteiger partial charge in [-0.3, -0.25) is 4.79 Å². The molecule has 1 amide bonds. The second kappa shape index (κ2) is 6.85. The summed E-state index contributed by atoms with van der Waals surface area (Å²) in [7, 11) is 0. The molecular formula is C19H20BrNO3. The Bertz CT molecular complexity index is 741. The van der Waals surface area contributed by atoms with E-state index in [0.29, 0.717) is 23.6 Å². The summed E-state index contributed by atoms with van der Waals surface area (Å²) in [4.78, 5) is 12.4. The molecule has 0 saturated heterocycles. The van der Waals surface area contributed by atoms with Crippen LogP contribution in [0, 0.1) is 5.41 Å². The zero-order chi connectivity index (χ0) is 17.2. The van der Waals surface area contributed by atoms with Crippen molar-refractivity contribution in [3.63, 3.8) is 0 Å². The van der Waals surface area contributed by atoms with Crippen LogP contribution in [-0.2, 0) is 6.42 Å². The van der Waals surface area contributed by atoms with E-state index in [1.54, 1.807) is 18.2 Å². The minimum Gasteiger partial charge on any atom is -0.454 e. The van der Waals surface area contributed by atoms with Crippen molar-refractivity contribution in [3.8, 4) is 11.5 Å². The van der Waals surface area contributed by atoms with Crippen molar-refractivity contribution in [2.45, 2.75) is 20.3 Å². The first-order valence-corrected chi connectivity index (χ1v) is 8.65. The van der Waals surface area contributed by atoms with Gasteiger partial charge in [0.25, 0.3) is 5.91 Å². The third kappa shape index (κ3) is 4.09. The van der Waals surface area contributed by atoms with Crippen LogP contribution in [0.3, 0.4) is 0 Å². The molecule has 0 spiro atoms. The summed E-state index contributed by atoms with van der Waals surface area (Å²) in [5.41, 5.74) is 1.79. The Morgan fingerprint density at radius 1 is 1.12 bits per heavy atom. The van der Waals surface area contributed by atoms with E-state index in [4.69, 9.17) is 9.47 Å². The SMILES string of the molecule is CC(C)(CNC(=O)c1ccc2c(c1)OCO2)Cc1ccc(Br)cc1. The van der Waals surface area contributed by atoms with E-state index in [1.807, 2.05) is 12.1 Å². The normalized spacial score (nSPS) is 13.0. The molecule has 24 heavy (non-hydrogen) atoms. The lowest BCUT2D eigenvalue weighted by molar-refractivity contribution is 0.0936. The Hall–Kier alpha value is -2.01. The Balaban J connectivity index is 1.59. The van der Waals surface area contributed by atoms with E-state index in [0.717, 1.165) is 10.9 Å². The fourth-order valence-corrected chi connectivity index (χ4v) is 2.94. The average molecular weight is 390 g/mol. The number of hydrogen-bond acceptors (Lipinski definition) is 3. The molecule has 126 valence electrons. The van der Waals surface area contributed by atoms with E-state index in [1.165, 1.54) is 5.56 Å². The van der Waals surface area contributed by atoms with Crippen LogP contribution < -0.4 is 14.8 Å². The van der Waals surface area contributed by atoms with Crippen LogP contribution in [0.4, 0.5) is 0 Å². The second-order valence-corrected chi connectivity index (χ2v) is 7.63. The maximum Gasteiger partial charge on any atom is 0.251 e. The summed E-state index contributed by atoms with van der Waals surface area (Å²) in [5, 5.41) is 3.02. The molecule has 0 radical (unpaired) electrons. The van der Waals surface area contributed by atoms with Gasteiger partial charge in [-0.05, 0) is 47.7 Å². The number of halogens is 1. The molecule has 2 aromatic carbocycles. The van der Waals surface area contributed by atoms with Gasteiger partial charge in [-0.15, -0.1) is 0 Å². The number of benzene rings is 2. The van der Waals surface area contributed by atoms with E-state index < -0.39 is 0 Å². The van der Waals surface area contributed by atoms with Crippen LogP contribution in [0.25, 0.3) is 0 Å². The highest BCUT2D eigenvalue weighted by atomic mass is 79.9. The van der Waals surface area contributed by atoms with E-state index in [2.05, 4.69) is 47.2 Å². The van der Waals surface area contributed by atoms with Crippen molar-refractivity contribution in [2.75, 3.05) is 13.3 Å². The van der Waals surface area contributed by atoms with Gasteiger partial charge in [0.15, 0.2) is 11.5 Å². The van der Waals surface area contributed by atoms with Crippen LogP contribution in [0.15, 0.2) is 46.9 Å². The third-order valence-electron chi connectivity index (χ3n) is 3.96. The van der Waals surface area contributed by atoms with Gasteiger partial charge in [0.2, 0.25) is 6.79 Å². The topological polar surface area (TPSA) is 47.6 Å². The molecule has 3 rings (SSSR count). The third-order valence-corrected chi connectivity index (χ3v) is 4.49. The van der Waals surface area contributed by atoms with Crippen molar-refractivity contribution >= 4 is 21.8 Å². The first-order chi connectivity index (χ1) is 11.4. The number of hydrogen-bond donors (Lipinski definition) is 1. The van der Waals surface area contributed by atoms with Crippen molar-refractivity contribution < 1.29 is 14.3 Å².